The Morgan fingerprint density at radius 2 is 1.80 bits per heavy atom. The van der Waals surface area contributed by atoms with Crippen LogP contribution in [0.15, 0.2) is 24.3 Å². The fourth-order valence-corrected chi connectivity index (χ4v) is 1.71. The Bertz CT molecular complexity index is 443. The van der Waals surface area contributed by atoms with E-state index < -0.39 is 5.97 Å². The van der Waals surface area contributed by atoms with Gasteiger partial charge >= 0.3 is 5.97 Å². The molecule has 1 rings (SSSR count). The van der Waals surface area contributed by atoms with E-state index in [0.717, 1.165) is 5.56 Å². The lowest BCUT2D eigenvalue weighted by Crippen LogP contribution is -2.38. The smallest absolute Gasteiger partial charge is 0.323 e. The van der Waals surface area contributed by atoms with Gasteiger partial charge in [0.1, 0.15) is 6.54 Å². The van der Waals surface area contributed by atoms with Gasteiger partial charge in [0.2, 0.25) is 0 Å². The lowest BCUT2D eigenvalue weighted by Gasteiger charge is -2.20. The van der Waals surface area contributed by atoms with E-state index in [0.29, 0.717) is 18.8 Å². The molecule has 110 valence electrons. The molecule has 0 bridgehead atoms. The summed E-state index contributed by atoms with van der Waals surface area (Å²) in [6.07, 6.45) is 0. The molecule has 0 aromatic heterocycles. The molecule has 1 aromatic carbocycles. The maximum Gasteiger partial charge on any atom is 0.323 e. The molecular formula is C14H19NO5. The highest BCUT2D eigenvalue weighted by atomic mass is 16.5. The Balaban J connectivity index is 2.78. The third-order valence-corrected chi connectivity index (χ3v) is 2.69. The van der Waals surface area contributed by atoms with Crippen LogP contribution in [0.25, 0.3) is 0 Å². The predicted molar refractivity (Wildman–Crippen MR) is 72.6 cm³/mol. The Morgan fingerprint density at radius 3 is 2.30 bits per heavy atom. The second-order valence-electron chi connectivity index (χ2n) is 4.24. The van der Waals surface area contributed by atoms with Crippen LogP contribution in [0.3, 0.4) is 0 Å². The topological polar surface area (TPSA) is 76.1 Å². The molecule has 0 atom stereocenters. The first kappa shape index (κ1) is 16.1. The summed E-state index contributed by atoms with van der Waals surface area (Å²) in [5.74, 6) is -1.38. The van der Waals surface area contributed by atoms with E-state index in [1.165, 1.54) is 12.0 Å². The molecule has 0 saturated heterocycles. The van der Waals surface area contributed by atoms with Gasteiger partial charge in [-0.25, -0.2) is 0 Å². The van der Waals surface area contributed by atoms with Gasteiger partial charge in [0, 0.05) is 26.3 Å². The van der Waals surface area contributed by atoms with Crippen LogP contribution < -0.4 is 0 Å². The zero-order valence-corrected chi connectivity index (χ0v) is 11.7. The second-order valence-corrected chi connectivity index (χ2v) is 4.24. The van der Waals surface area contributed by atoms with Crippen molar-refractivity contribution in [2.45, 2.75) is 6.61 Å². The number of ether oxygens (including phenoxy) is 2. The third-order valence-electron chi connectivity index (χ3n) is 2.69. The van der Waals surface area contributed by atoms with Gasteiger partial charge in [0.15, 0.2) is 0 Å². The number of carbonyl (C=O) groups excluding carboxylic acids is 1. The quantitative estimate of drug-likeness (QED) is 0.769. The first-order valence-corrected chi connectivity index (χ1v) is 6.16. The summed E-state index contributed by atoms with van der Waals surface area (Å²) in [6.45, 7) is 0.654. The van der Waals surface area contributed by atoms with Crippen molar-refractivity contribution in [2.75, 3.05) is 33.9 Å². The summed E-state index contributed by atoms with van der Waals surface area (Å²) in [4.78, 5) is 24.3. The third kappa shape index (κ3) is 4.99. The van der Waals surface area contributed by atoms with E-state index in [1.807, 2.05) is 0 Å². The van der Waals surface area contributed by atoms with Crippen molar-refractivity contribution < 1.29 is 24.2 Å². The highest BCUT2D eigenvalue weighted by Crippen LogP contribution is 2.09. The average molecular weight is 281 g/mol. The molecule has 0 radical (unpaired) electrons. The Kier molecular flexibility index (Phi) is 6.69. The number of hydrogen-bond donors (Lipinski definition) is 1. The molecule has 1 aromatic rings. The number of methoxy groups -OCH3 is 2. The monoisotopic (exact) mass is 281 g/mol. The molecular weight excluding hydrogens is 262 g/mol. The SMILES string of the molecule is COCCN(CC(=O)O)C(=O)c1ccc(COC)cc1. The van der Waals surface area contributed by atoms with Crippen molar-refractivity contribution in [3.05, 3.63) is 35.4 Å². The number of hydrogen-bond acceptors (Lipinski definition) is 4. The molecule has 0 aliphatic heterocycles. The number of rotatable bonds is 8. The minimum atomic E-state index is -1.05. The van der Waals surface area contributed by atoms with Crippen molar-refractivity contribution in [3.8, 4) is 0 Å². The first-order chi connectivity index (χ1) is 9.58. The summed E-state index contributed by atoms with van der Waals surface area (Å²) in [6, 6.07) is 6.90. The van der Waals surface area contributed by atoms with E-state index in [4.69, 9.17) is 14.6 Å². The lowest BCUT2D eigenvalue weighted by atomic mass is 10.1. The number of amides is 1. The number of aliphatic carboxylic acids is 1. The van der Waals surface area contributed by atoms with Gasteiger partial charge < -0.3 is 19.5 Å². The summed E-state index contributed by atoms with van der Waals surface area (Å²) in [5.41, 5.74) is 1.40. The van der Waals surface area contributed by atoms with Gasteiger partial charge in [0.25, 0.3) is 5.91 Å². The number of nitrogens with zero attached hydrogens (tertiary/aromatic N) is 1. The molecule has 6 heteroatoms. The second kappa shape index (κ2) is 8.29. The van der Waals surface area contributed by atoms with Gasteiger partial charge in [-0.15, -0.1) is 0 Å². The Morgan fingerprint density at radius 1 is 1.15 bits per heavy atom. The molecule has 1 N–H and O–H groups in total. The maximum atomic E-state index is 12.2. The van der Waals surface area contributed by atoms with E-state index in [2.05, 4.69) is 0 Å². The first-order valence-electron chi connectivity index (χ1n) is 6.16. The Labute approximate surface area is 117 Å². The van der Waals surface area contributed by atoms with Crippen LogP contribution in [0.2, 0.25) is 0 Å². The highest BCUT2D eigenvalue weighted by Gasteiger charge is 2.18. The van der Waals surface area contributed by atoms with Crippen LogP contribution in [0.5, 0.6) is 0 Å². The zero-order valence-electron chi connectivity index (χ0n) is 11.7. The number of carbonyl (C=O) groups is 2. The molecule has 0 heterocycles. The van der Waals surface area contributed by atoms with Crippen molar-refractivity contribution >= 4 is 11.9 Å². The molecule has 0 spiro atoms. The van der Waals surface area contributed by atoms with Crippen molar-refractivity contribution in [1.29, 1.82) is 0 Å². The fourth-order valence-electron chi connectivity index (χ4n) is 1.71. The van der Waals surface area contributed by atoms with Crippen molar-refractivity contribution in [3.63, 3.8) is 0 Å². The number of carboxylic acid groups (broad SMARTS) is 1. The minimum absolute atomic E-state index is 0.238. The highest BCUT2D eigenvalue weighted by molar-refractivity contribution is 5.95. The molecule has 1 amide bonds. The molecule has 0 fully saturated rings. The summed E-state index contributed by atoms with van der Waals surface area (Å²) >= 11 is 0. The summed E-state index contributed by atoms with van der Waals surface area (Å²) in [7, 11) is 3.10. The van der Waals surface area contributed by atoms with Gasteiger partial charge in [0.05, 0.1) is 13.2 Å². The zero-order chi connectivity index (χ0) is 15.0. The van der Waals surface area contributed by atoms with Crippen LogP contribution in [0.1, 0.15) is 15.9 Å². The number of carboxylic acids is 1. The van der Waals surface area contributed by atoms with E-state index >= 15 is 0 Å². The van der Waals surface area contributed by atoms with Gasteiger partial charge in [-0.3, -0.25) is 9.59 Å². The van der Waals surface area contributed by atoms with Crippen LogP contribution in [0.4, 0.5) is 0 Å². The summed E-state index contributed by atoms with van der Waals surface area (Å²) < 4.78 is 9.88. The van der Waals surface area contributed by atoms with Crippen LogP contribution >= 0.6 is 0 Å². The van der Waals surface area contributed by atoms with Crippen LogP contribution in [-0.2, 0) is 20.9 Å². The average Bonchev–Trinajstić information content (AvgIpc) is 2.43. The van der Waals surface area contributed by atoms with Gasteiger partial charge in [-0.05, 0) is 17.7 Å². The predicted octanol–water partition coefficient (Wildman–Crippen LogP) is 1.01. The van der Waals surface area contributed by atoms with Crippen LogP contribution in [0, 0.1) is 0 Å². The molecule has 20 heavy (non-hydrogen) atoms. The van der Waals surface area contributed by atoms with Gasteiger partial charge in [-0.1, -0.05) is 12.1 Å². The summed E-state index contributed by atoms with van der Waals surface area (Å²) in [5, 5.41) is 8.84. The van der Waals surface area contributed by atoms with Crippen molar-refractivity contribution in [1.82, 2.24) is 4.90 Å². The van der Waals surface area contributed by atoms with E-state index in [9.17, 15) is 9.59 Å². The lowest BCUT2D eigenvalue weighted by molar-refractivity contribution is -0.137. The molecule has 0 aliphatic carbocycles. The normalized spacial score (nSPS) is 10.3. The largest absolute Gasteiger partial charge is 0.480 e. The number of benzene rings is 1. The molecule has 0 aliphatic rings. The molecule has 6 nitrogen and oxygen atoms in total. The van der Waals surface area contributed by atoms with E-state index in [-0.39, 0.29) is 19.0 Å². The standard InChI is InChI=1S/C14H19NO5/c1-19-8-7-15(9-13(16)17)14(18)12-5-3-11(4-6-12)10-20-2/h3-6H,7-10H2,1-2H3,(H,16,17). The van der Waals surface area contributed by atoms with Crippen LogP contribution in [-0.4, -0.2) is 55.8 Å². The Hall–Kier alpha value is -1.92. The van der Waals surface area contributed by atoms with Crippen molar-refractivity contribution in [2.24, 2.45) is 0 Å². The van der Waals surface area contributed by atoms with Gasteiger partial charge in [-0.2, -0.15) is 0 Å². The minimum Gasteiger partial charge on any atom is -0.480 e. The fraction of sp³-hybridized carbons (Fsp3) is 0.429. The maximum absolute atomic E-state index is 12.2. The molecule has 0 saturated carbocycles. The molecule has 0 unspecified atom stereocenters. The van der Waals surface area contributed by atoms with E-state index in [1.54, 1.807) is 31.4 Å².